The van der Waals surface area contributed by atoms with Gasteiger partial charge in [0.05, 0.1) is 13.2 Å². The molecule has 1 heterocycles. The molecule has 19 heavy (non-hydrogen) atoms. The highest BCUT2D eigenvalue weighted by atomic mass is 16.5. The fraction of sp³-hybridized carbons (Fsp3) is 0.867. The number of rotatable bonds is 9. The first kappa shape index (κ1) is 16.5. The van der Waals surface area contributed by atoms with Gasteiger partial charge in [-0.05, 0) is 24.6 Å². The van der Waals surface area contributed by atoms with Gasteiger partial charge in [0.25, 0.3) is 0 Å². The average molecular weight is 270 g/mol. The number of allylic oxidation sites excluding steroid dienone is 1. The highest BCUT2D eigenvalue weighted by molar-refractivity contribution is 4.99. The van der Waals surface area contributed by atoms with Crippen LogP contribution in [0.2, 0.25) is 0 Å². The summed E-state index contributed by atoms with van der Waals surface area (Å²) in [6, 6.07) is 0. The maximum atomic E-state index is 5.90. The van der Waals surface area contributed by atoms with E-state index >= 15 is 0 Å². The van der Waals surface area contributed by atoms with Crippen LogP contribution < -0.4 is 5.32 Å². The highest BCUT2D eigenvalue weighted by Crippen LogP contribution is 2.27. The molecule has 1 atom stereocenters. The number of nitrogens with one attached hydrogen (secondary N) is 1. The van der Waals surface area contributed by atoms with E-state index in [-0.39, 0.29) is 11.6 Å². The zero-order valence-electron chi connectivity index (χ0n) is 12.9. The van der Waals surface area contributed by atoms with Crippen LogP contribution in [0.3, 0.4) is 0 Å². The Morgan fingerprint density at radius 1 is 1.32 bits per heavy atom. The second-order valence-electron chi connectivity index (χ2n) is 5.83. The van der Waals surface area contributed by atoms with Gasteiger partial charge >= 0.3 is 0 Å². The van der Waals surface area contributed by atoms with Gasteiger partial charge in [-0.25, -0.2) is 0 Å². The third kappa shape index (κ3) is 6.95. The number of methoxy groups -OCH3 is 1. The van der Waals surface area contributed by atoms with Crippen molar-refractivity contribution in [3.8, 4) is 0 Å². The van der Waals surface area contributed by atoms with E-state index in [9.17, 15) is 0 Å². The first-order valence-corrected chi connectivity index (χ1v) is 7.34. The average Bonchev–Trinajstić information content (AvgIpc) is 2.37. The van der Waals surface area contributed by atoms with Crippen LogP contribution >= 0.6 is 0 Å². The van der Waals surface area contributed by atoms with Crippen LogP contribution in [0.4, 0.5) is 0 Å². The van der Waals surface area contributed by atoms with Crippen molar-refractivity contribution in [3.05, 3.63) is 12.3 Å². The minimum atomic E-state index is 0.161. The summed E-state index contributed by atoms with van der Waals surface area (Å²) in [5.41, 5.74) is 0.240. The van der Waals surface area contributed by atoms with Gasteiger partial charge in [-0.15, -0.1) is 0 Å². The fourth-order valence-electron chi connectivity index (χ4n) is 2.26. The lowest BCUT2D eigenvalue weighted by atomic mass is 9.87. The quantitative estimate of drug-likeness (QED) is 0.651. The van der Waals surface area contributed by atoms with Crippen molar-refractivity contribution in [2.24, 2.45) is 5.41 Å². The predicted octanol–water partition coefficient (Wildman–Crippen LogP) is 2.22. The molecule has 0 aliphatic carbocycles. The summed E-state index contributed by atoms with van der Waals surface area (Å²) in [6.45, 7) is 11.4. The van der Waals surface area contributed by atoms with Crippen LogP contribution in [0.15, 0.2) is 12.3 Å². The molecule has 1 rings (SSSR count). The van der Waals surface area contributed by atoms with Gasteiger partial charge in [-0.3, -0.25) is 0 Å². The van der Waals surface area contributed by atoms with E-state index < -0.39 is 0 Å². The first-order chi connectivity index (χ1) is 9.07. The van der Waals surface area contributed by atoms with Crippen molar-refractivity contribution in [1.29, 1.82) is 0 Å². The lowest BCUT2D eigenvalue weighted by Crippen LogP contribution is -2.37. The zero-order chi connectivity index (χ0) is 14.1. The van der Waals surface area contributed by atoms with Crippen LogP contribution in [0.5, 0.6) is 0 Å². The molecule has 112 valence electrons. The number of hydrogen-bond acceptors (Lipinski definition) is 4. The van der Waals surface area contributed by atoms with E-state index in [1.54, 1.807) is 7.11 Å². The number of ether oxygens (including phenoxy) is 2. The number of likely N-dealkylation sites (N-methyl/N-ethyl adjacent to an activating group) is 1. The van der Waals surface area contributed by atoms with Gasteiger partial charge in [0, 0.05) is 26.6 Å². The smallest absolute Gasteiger partial charge is 0.128 e. The van der Waals surface area contributed by atoms with Crippen LogP contribution in [0.25, 0.3) is 0 Å². The van der Waals surface area contributed by atoms with Gasteiger partial charge < -0.3 is 19.7 Å². The first-order valence-electron chi connectivity index (χ1n) is 7.34. The Balaban J connectivity index is 2.11. The molecule has 0 bridgehead atoms. The molecule has 1 aliphatic heterocycles. The summed E-state index contributed by atoms with van der Waals surface area (Å²) >= 11 is 0. The fourth-order valence-corrected chi connectivity index (χ4v) is 2.26. The Morgan fingerprint density at radius 3 is 2.74 bits per heavy atom. The van der Waals surface area contributed by atoms with Crippen LogP contribution in [0.1, 0.15) is 33.6 Å². The van der Waals surface area contributed by atoms with Gasteiger partial charge in [0.1, 0.15) is 6.23 Å². The maximum absolute atomic E-state index is 5.90. The molecule has 0 radical (unpaired) electrons. The second-order valence-corrected chi connectivity index (χ2v) is 5.83. The summed E-state index contributed by atoms with van der Waals surface area (Å²) in [5.74, 6) is 0. The van der Waals surface area contributed by atoms with E-state index in [0.29, 0.717) is 0 Å². The molecule has 0 saturated carbocycles. The van der Waals surface area contributed by atoms with Crippen LogP contribution in [-0.2, 0) is 9.47 Å². The lowest BCUT2D eigenvalue weighted by Gasteiger charge is -2.31. The van der Waals surface area contributed by atoms with Crippen LogP contribution in [0, 0.1) is 5.41 Å². The van der Waals surface area contributed by atoms with Crippen molar-refractivity contribution in [1.82, 2.24) is 10.2 Å². The number of hydrogen-bond donors (Lipinski definition) is 1. The molecule has 0 spiro atoms. The molecule has 0 saturated heterocycles. The van der Waals surface area contributed by atoms with Crippen LogP contribution in [-0.4, -0.2) is 51.1 Å². The molecule has 0 amide bonds. The zero-order valence-corrected chi connectivity index (χ0v) is 12.9. The van der Waals surface area contributed by atoms with Crippen molar-refractivity contribution in [2.45, 2.75) is 39.8 Å². The molecule has 1 unspecified atom stereocenters. The Bertz CT molecular complexity index is 267. The highest BCUT2D eigenvalue weighted by Gasteiger charge is 2.23. The van der Waals surface area contributed by atoms with E-state index in [4.69, 9.17) is 9.47 Å². The molecule has 1 aliphatic rings. The van der Waals surface area contributed by atoms with Gasteiger partial charge in [-0.1, -0.05) is 26.8 Å². The van der Waals surface area contributed by atoms with Gasteiger partial charge in [-0.2, -0.15) is 0 Å². The molecule has 4 heteroatoms. The molecule has 0 aromatic carbocycles. The summed E-state index contributed by atoms with van der Waals surface area (Å²) in [5, 5.41) is 3.27. The maximum Gasteiger partial charge on any atom is 0.128 e. The van der Waals surface area contributed by atoms with Gasteiger partial charge in [0.2, 0.25) is 0 Å². The van der Waals surface area contributed by atoms with E-state index in [0.717, 1.165) is 45.7 Å². The van der Waals surface area contributed by atoms with Crippen molar-refractivity contribution in [2.75, 3.05) is 40.0 Å². The molecule has 0 aromatic heterocycles. The topological polar surface area (TPSA) is 33.7 Å². The van der Waals surface area contributed by atoms with E-state index in [2.05, 4.69) is 37.1 Å². The second kappa shape index (κ2) is 8.56. The molecular formula is C15H30N2O2. The van der Waals surface area contributed by atoms with Crippen molar-refractivity contribution < 1.29 is 9.47 Å². The summed E-state index contributed by atoms with van der Waals surface area (Å²) < 4.78 is 11.0. The predicted molar refractivity (Wildman–Crippen MR) is 79.0 cm³/mol. The minimum absolute atomic E-state index is 0.161. The lowest BCUT2D eigenvalue weighted by molar-refractivity contribution is 0.00630. The van der Waals surface area contributed by atoms with Crippen molar-refractivity contribution >= 4 is 0 Å². The third-order valence-corrected chi connectivity index (χ3v) is 3.52. The van der Waals surface area contributed by atoms with Crippen molar-refractivity contribution in [3.63, 3.8) is 0 Å². The van der Waals surface area contributed by atoms with Gasteiger partial charge in [0.15, 0.2) is 0 Å². The molecule has 0 aromatic rings. The molecule has 4 nitrogen and oxygen atoms in total. The normalized spacial score (nSPS) is 21.6. The Morgan fingerprint density at radius 2 is 2.11 bits per heavy atom. The Hall–Kier alpha value is -0.580. The minimum Gasteiger partial charge on any atom is -0.383 e. The monoisotopic (exact) mass is 270 g/mol. The number of nitrogens with zero attached hydrogens (tertiary/aromatic N) is 1. The third-order valence-electron chi connectivity index (χ3n) is 3.52. The van der Waals surface area contributed by atoms with E-state index in [1.807, 2.05) is 6.20 Å². The molecule has 0 fully saturated rings. The Kier molecular flexibility index (Phi) is 7.42. The summed E-state index contributed by atoms with van der Waals surface area (Å²) in [6.07, 6.45) is 6.49. The van der Waals surface area contributed by atoms with E-state index in [1.165, 1.54) is 0 Å². The SMILES string of the molecule is CCN(CCCOC1CC(C)(C)C=CN1)CCOC. The summed E-state index contributed by atoms with van der Waals surface area (Å²) in [4.78, 5) is 2.39. The molecule has 1 N–H and O–H groups in total. The molecular weight excluding hydrogens is 240 g/mol. The largest absolute Gasteiger partial charge is 0.383 e. The standard InChI is InChI=1S/C15H30N2O2/c1-5-17(10-12-18-4)9-6-11-19-14-13-15(2,3)7-8-16-14/h7-8,14,16H,5-6,9-13H2,1-4H3. The summed E-state index contributed by atoms with van der Waals surface area (Å²) in [7, 11) is 1.75. The Labute approximate surface area is 118 Å².